The van der Waals surface area contributed by atoms with Crippen LogP contribution in [0.25, 0.3) is 0 Å². The molecule has 1 aromatic rings. The molecule has 7 heteroatoms. The Hall–Kier alpha value is -1.02. The molecule has 2 N–H and O–H groups in total. The first-order chi connectivity index (χ1) is 9.60. The summed E-state index contributed by atoms with van der Waals surface area (Å²) in [7, 11) is -1.88. The molecule has 0 fully saturated rings. The number of nitrogens with one attached hydrogen (secondary N) is 2. The van der Waals surface area contributed by atoms with Crippen molar-refractivity contribution >= 4 is 10.0 Å². The maximum absolute atomic E-state index is 12.0. The van der Waals surface area contributed by atoms with Gasteiger partial charge < -0.3 is 10.1 Å². The molecule has 6 nitrogen and oxygen atoms in total. The van der Waals surface area contributed by atoms with Crippen LogP contribution in [0.3, 0.4) is 0 Å². The fourth-order valence-corrected chi connectivity index (χ4v) is 2.60. The van der Waals surface area contributed by atoms with Gasteiger partial charge in [-0.15, -0.1) is 0 Å². The van der Waals surface area contributed by atoms with E-state index in [1.54, 1.807) is 19.4 Å². The molecule has 0 saturated carbocycles. The van der Waals surface area contributed by atoms with Crippen molar-refractivity contribution in [3.05, 3.63) is 23.9 Å². The quantitative estimate of drug-likeness (QED) is 0.628. The maximum atomic E-state index is 12.0. The molecule has 0 spiro atoms. The molecule has 0 bridgehead atoms. The number of hydrogen-bond acceptors (Lipinski definition) is 5. The standard InChI is InChI=1S/C13H23N3O3S/c1-3-14-10-12-6-7-13(15-11-12)20(17,18)16-8-4-5-9-19-2/h6-7,11,14,16H,3-5,8-10H2,1-2H3. The van der Waals surface area contributed by atoms with Gasteiger partial charge in [-0.05, 0) is 31.0 Å². The van der Waals surface area contributed by atoms with Gasteiger partial charge >= 0.3 is 0 Å². The number of ether oxygens (including phenoxy) is 1. The van der Waals surface area contributed by atoms with Gasteiger partial charge in [-0.2, -0.15) is 0 Å². The Morgan fingerprint density at radius 2 is 2.10 bits per heavy atom. The van der Waals surface area contributed by atoms with Gasteiger partial charge in [0.1, 0.15) is 0 Å². The zero-order valence-electron chi connectivity index (χ0n) is 12.1. The van der Waals surface area contributed by atoms with Gasteiger partial charge in [0, 0.05) is 33.0 Å². The Labute approximate surface area is 121 Å². The monoisotopic (exact) mass is 301 g/mol. The predicted octanol–water partition coefficient (Wildman–Crippen LogP) is 0.896. The van der Waals surface area contributed by atoms with Crippen molar-refractivity contribution in [2.24, 2.45) is 0 Å². The summed E-state index contributed by atoms with van der Waals surface area (Å²) in [6, 6.07) is 3.30. The van der Waals surface area contributed by atoms with Gasteiger partial charge in [-0.3, -0.25) is 0 Å². The summed E-state index contributed by atoms with van der Waals surface area (Å²) in [5, 5.41) is 3.22. The Balaban J connectivity index is 2.50. The Kier molecular flexibility index (Phi) is 7.68. The molecular formula is C13H23N3O3S. The maximum Gasteiger partial charge on any atom is 0.258 e. The Bertz CT molecular complexity index is 474. The summed E-state index contributed by atoms with van der Waals surface area (Å²) in [4.78, 5) is 4.00. The van der Waals surface area contributed by atoms with Crippen LogP contribution >= 0.6 is 0 Å². The third-order valence-electron chi connectivity index (χ3n) is 2.72. The second kappa shape index (κ2) is 9.02. The van der Waals surface area contributed by atoms with Crippen molar-refractivity contribution in [2.45, 2.75) is 31.3 Å². The van der Waals surface area contributed by atoms with Crippen LogP contribution in [0.5, 0.6) is 0 Å². The van der Waals surface area contributed by atoms with Crippen molar-refractivity contribution in [1.29, 1.82) is 0 Å². The number of rotatable bonds is 10. The summed E-state index contributed by atoms with van der Waals surface area (Å²) >= 11 is 0. The molecule has 0 aromatic carbocycles. The van der Waals surface area contributed by atoms with E-state index in [4.69, 9.17) is 4.74 Å². The van der Waals surface area contributed by atoms with E-state index in [2.05, 4.69) is 15.0 Å². The number of aromatic nitrogens is 1. The fourth-order valence-electron chi connectivity index (χ4n) is 1.60. The molecule has 0 radical (unpaired) electrons. The molecule has 114 valence electrons. The highest BCUT2D eigenvalue weighted by molar-refractivity contribution is 7.89. The van der Waals surface area contributed by atoms with Crippen LogP contribution in [0.1, 0.15) is 25.3 Å². The van der Waals surface area contributed by atoms with Crippen LogP contribution in [0.15, 0.2) is 23.4 Å². The summed E-state index contributed by atoms with van der Waals surface area (Å²) in [6.07, 6.45) is 3.15. The molecule has 1 aromatic heterocycles. The summed E-state index contributed by atoms with van der Waals surface area (Å²) < 4.78 is 31.4. The third kappa shape index (κ3) is 5.96. The van der Waals surface area contributed by atoms with E-state index >= 15 is 0 Å². The van der Waals surface area contributed by atoms with Crippen LogP contribution in [0.4, 0.5) is 0 Å². The highest BCUT2D eigenvalue weighted by Crippen LogP contribution is 2.06. The van der Waals surface area contributed by atoms with E-state index in [1.165, 1.54) is 6.07 Å². The topological polar surface area (TPSA) is 80.3 Å². The van der Waals surface area contributed by atoms with Gasteiger partial charge in [0.05, 0.1) is 0 Å². The summed E-state index contributed by atoms with van der Waals surface area (Å²) in [5.41, 5.74) is 0.964. The lowest BCUT2D eigenvalue weighted by Gasteiger charge is -2.07. The normalized spacial score (nSPS) is 11.7. The largest absolute Gasteiger partial charge is 0.385 e. The average molecular weight is 301 g/mol. The van der Waals surface area contributed by atoms with Gasteiger partial charge in [0.2, 0.25) is 0 Å². The number of unbranched alkanes of at least 4 members (excludes halogenated alkanes) is 1. The zero-order chi connectivity index (χ0) is 14.8. The van der Waals surface area contributed by atoms with E-state index in [9.17, 15) is 8.42 Å². The number of methoxy groups -OCH3 is 1. The molecule has 0 aliphatic carbocycles. The smallest absolute Gasteiger partial charge is 0.258 e. The van der Waals surface area contributed by atoms with Gasteiger partial charge in [0.15, 0.2) is 5.03 Å². The molecule has 0 atom stereocenters. The minimum absolute atomic E-state index is 0.0597. The zero-order valence-corrected chi connectivity index (χ0v) is 12.9. The first-order valence-electron chi connectivity index (χ1n) is 6.74. The number of sulfonamides is 1. The first-order valence-corrected chi connectivity index (χ1v) is 8.22. The molecule has 0 aliphatic rings. The lowest BCUT2D eigenvalue weighted by Crippen LogP contribution is -2.26. The summed E-state index contributed by atoms with van der Waals surface area (Å²) in [6.45, 7) is 4.60. The van der Waals surface area contributed by atoms with Gasteiger partial charge in [-0.1, -0.05) is 13.0 Å². The van der Waals surface area contributed by atoms with E-state index < -0.39 is 10.0 Å². The highest BCUT2D eigenvalue weighted by Gasteiger charge is 2.14. The molecule has 0 unspecified atom stereocenters. The fraction of sp³-hybridized carbons (Fsp3) is 0.615. The lowest BCUT2D eigenvalue weighted by molar-refractivity contribution is 0.193. The van der Waals surface area contributed by atoms with Gasteiger partial charge in [0.25, 0.3) is 10.0 Å². The van der Waals surface area contributed by atoms with Gasteiger partial charge in [-0.25, -0.2) is 18.1 Å². The average Bonchev–Trinajstić information content (AvgIpc) is 2.45. The lowest BCUT2D eigenvalue weighted by atomic mass is 10.3. The van der Waals surface area contributed by atoms with E-state index in [0.717, 1.165) is 24.9 Å². The van der Waals surface area contributed by atoms with Crippen molar-refractivity contribution in [3.8, 4) is 0 Å². The van der Waals surface area contributed by atoms with E-state index in [-0.39, 0.29) is 5.03 Å². The second-order valence-electron chi connectivity index (χ2n) is 4.38. The molecule has 0 aliphatic heterocycles. The summed E-state index contributed by atoms with van der Waals surface area (Å²) in [5.74, 6) is 0. The van der Waals surface area contributed by atoms with Crippen LogP contribution in [0, 0.1) is 0 Å². The van der Waals surface area contributed by atoms with Crippen LogP contribution in [0.2, 0.25) is 0 Å². The molecule has 1 rings (SSSR count). The minimum Gasteiger partial charge on any atom is -0.385 e. The second-order valence-corrected chi connectivity index (χ2v) is 6.10. The van der Waals surface area contributed by atoms with Crippen molar-refractivity contribution < 1.29 is 13.2 Å². The molecule has 0 amide bonds. The van der Waals surface area contributed by atoms with Crippen molar-refractivity contribution in [3.63, 3.8) is 0 Å². The van der Waals surface area contributed by atoms with Crippen molar-refractivity contribution in [1.82, 2.24) is 15.0 Å². The van der Waals surface area contributed by atoms with Crippen LogP contribution < -0.4 is 10.0 Å². The third-order valence-corrected chi connectivity index (χ3v) is 4.10. The SMILES string of the molecule is CCNCc1ccc(S(=O)(=O)NCCCCOC)nc1. The van der Waals surface area contributed by atoms with E-state index in [0.29, 0.717) is 19.7 Å². The molecular weight excluding hydrogens is 278 g/mol. The highest BCUT2D eigenvalue weighted by atomic mass is 32.2. The van der Waals surface area contributed by atoms with Crippen LogP contribution in [-0.2, 0) is 21.3 Å². The molecule has 1 heterocycles. The molecule has 0 saturated heterocycles. The van der Waals surface area contributed by atoms with E-state index in [1.807, 2.05) is 6.92 Å². The van der Waals surface area contributed by atoms with Crippen molar-refractivity contribution in [2.75, 3.05) is 26.8 Å². The van der Waals surface area contributed by atoms with Crippen LogP contribution in [-0.4, -0.2) is 40.2 Å². The first kappa shape index (κ1) is 17.0. The number of pyridine rings is 1. The minimum atomic E-state index is -3.51. The Morgan fingerprint density at radius 1 is 1.30 bits per heavy atom. The number of hydrogen-bond donors (Lipinski definition) is 2. The number of nitrogens with zero attached hydrogens (tertiary/aromatic N) is 1. The predicted molar refractivity (Wildman–Crippen MR) is 77.9 cm³/mol. The Morgan fingerprint density at radius 3 is 2.70 bits per heavy atom. The molecule has 20 heavy (non-hydrogen) atoms.